The summed E-state index contributed by atoms with van der Waals surface area (Å²) in [4.78, 5) is 38.8. The molecule has 1 fully saturated rings. The highest BCUT2D eigenvalue weighted by Gasteiger charge is 2.30. The first kappa shape index (κ1) is 18.1. The molecule has 0 bridgehead atoms. The molecule has 128 valence electrons. The summed E-state index contributed by atoms with van der Waals surface area (Å²) in [6, 6.07) is 9.61. The summed E-state index contributed by atoms with van der Waals surface area (Å²) in [7, 11) is 1.69. The first-order valence-corrected chi connectivity index (χ1v) is 8.59. The number of nitrogens with zero attached hydrogens (tertiary/aromatic N) is 2. The van der Waals surface area contributed by atoms with E-state index in [1.54, 1.807) is 18.9 Å². The fourth-order valence-electron chi connectivity index (χ4n) is 2.19. The second-order valence-electron chi connectivity index (χ2n) is 5.24. The van der Waals surface area contributed by atoms with Crippen LogP contribution in [0.25, 0.3) is 0 Å². The molecule has 24 heavy (non-hydrogen) atoms. The molecule has 2 rings (SSSR count). The lowest BCUT2D eigenvalue weighted by Gasteiger charge is -2.22. The van der Waals surface area contributed by atoms with Crippen molar-refractivity contribution in [2.45, 2.75) is 13.5 Å². The molecule has 0 saturated carbocycles. The Hall–Kier alpha value is -2.28. The van der Waals surface area contributed by atoms with Crippen molar-refractivity contribution in [1.29, 1.82) is 0 Å². The zero-order valence-electron chi connectivity index (χ0n) is 13.7. The summed E-state index contributed by atoms with van der Waals surface area (Å²) < 4.78 is 4.86. The highest BCUT2D eigenvalue weighted by atomic mass is 32.2. The van der Waals surface area contributed by atoms with E-state index in [9.17, 15) is 14.4 Å². The zero-order valence-corrected chi connectivity index (χ0v) is 14.5. The number of rotatable bonds is 6. The average Bonchev–Trinajstić information content (AvgIpc) is 2.89. The maximum Gasteiger partial charge on any atom is 0.333 e. The highest BCUT2D eigenvalue weighted by molar-refractivity contribution is 8.04. The van der Waals surface area contributed by atoms with Gasteiger partial charge in [-0.15, -0.1) is 0 Å². The van der Waals surface area contributed by atoms with Gasteiger partial charge in [0.05, 0.1) is 23.5 Å². The van der Waals surface area contributed by atoms with Gasteiger partial charge in [0.25, 0.3) is 0 Å². The maximum atomic E-state index is 12.4. The lowest BCUT2D eigenvalue weighted by molar-refractivity contribution is -0.138. The lowest BCUT2D eigenvalue weighted by atomic mass is 10.2. The number of amides is 2. The molecular weight excluding hydrogens is 328 g/mol. The molecule has 0 spiro atoms. The van der Waals surface area contributed by atoms with Crippen molar-refractivity contribution < 1.29 is 19.1 Å². The topological polar surface area (TPSA) is 66.9 Å². The molecule has 2 amide bonds. The summed E-state index contributed by atoms with van der Waals surface area (Å²) in [6.45, 7) is 2.36. The van der Waals surface area contributed by atoms with E-state index in [0.717, 1.165) is 5.56 Å². The van der Waals surface area contributed by atoms with Gasteiger partial charge >= 0.3 is 5.97 Å². The minimum atomic E-state index is -0.509. The molecule has 1 aromatic rings. The van der Waals surface area contributed by atoms with E-state index in [4.69, 9.17) is 4.74 Å². The largest absolute Gasteiger partial charge is 0.463 e. The smallest absolute Gasteiger partial charge is 0.333 e. The second-order valence-corrected chi connectivity index (χ2v) is 6.23. The van der Waals surface area contributed by atoms with E-state index < -0.39 is 5.97 Å². The Morgan fingerprint density at radius 3 is 2.71 bits per heavy atom. The standard InChI is InChI=1S/C17H20N2O4S/c1-3-23-17(22)9-16-19(15(21)12-24-16)11-14(20)18(2)10-13-7-5-4-6-8-13/h4-9H,3,10-12H2,1-2H3/b16-9+. The molecular formula is C17H20N2O4S. The van der Waals surface area contributed by atoms with Crippen molar-refractivity contribution in [2.24, 2.45) is 0 Å². The number of ether oxygens (including phenoxy) is 1. The molecule has 1 saturated heterocycles. The molecule has 7 heteroatoms. The maximum absolute atomic E-state index is 12.4. The first-order valence-electron chi connectivity index (χ1n) is 7.60. The van der Waals surface area contributed by atoms with E-state index in [1.165, 1.54) is 22.7 Å². The average molecular weight is 348 g/mol. The van der Waals surface area contributed by atoms with Gasteiger partial charge in [-0.3, -0.25) is 14.5 Å². The van der Waals surface area contributed by atoms with E-state index in [-0.39, 0.29) is 30.7 Å². The van der Waals surface area contributed by atoms with E-state index in [2.05, 4.69) is 0 Å². The molecule has 0 aliphatic carbocycles. The van der Waals surface area contributed by atoms with Gasteiger partial charge in [-0.2, -0.15) is 0 Å². The van der Waals surface area contributed by atoms with Gasteiger partial charge in [0, 0.05) is 13.6 Å². The SMILES string of the molecule is CCOC(=O)/C=C1/SCC(=O)N1CC(=O)N(C)Cc1ccccc1. The molecule has 1 aromatic carbocycles. The predicted octanol–water partition coefficient (Wildman–Crippen LogP) is 1.62. The van der Waals surface area contributed by atoms with E-state index >= 15 is 0 Å². The molecule has 1 aliphatic rings. The molecule has 6 nitrogen and oxygen atoms in total. The van der Waals surface area contributed by atoms with Crippen molar-refractivity contribution >= 4 is 29.5 Å². The molecule has 0 N–H and O–H groups in total. The Morgan fingerprint density at radius 1 is 1.33 bits per heavy atom. The van der Waals surface area contributed by atoms with Gasteiger partial charge in [-0.05, 0) is 12.5 Å². The zero-order chi connectivity index (χ0) is 17.5. The summed E-state index contributed by atoms with van der Waals surface area (Å²) in [6.07, 6.45) is 1.27. The van der Waals surface area contributed by atoms with E-state index in [0.29, 0.717) is 11.6 Å². The van der Waals surface area contributed by atoms with E-state index in [1.807, 2.05) is 30.3 Å². The number of carbonyl (C=O) groups excluding carboxylic acids is 3. The van der Waals surface area contributed by atoms with Crippen molar-refractivity contribution in [3.05, 3.63) is 47.0 Å². The lowest BCUT2D eigenvalue weighted by Crippen LogP contribution is -2.38. The van der Waals surface area contributed by atoms with Crippen LogP contribution in [0.5, 0.6) is 0 Å². The van der Waals surface area contributed by atoms with Gasteiger partial charge in [0.15, 0.2) is 0 Å². The second kappa shape index (κ2) is 8.54. The van der Waals surface area contributed by atoms with Crippen LogP contribution in [0.1, 0.15) is 12.5 Å². The summed E-state index contributed by atoms with van der Waals surface area (Å²) in [5.41, 5.74) is 1.01. The monoisotopic (exact) mass is 348 g/mol. The molecule has 1 aliphatic heterocycles. The number of thioether (sulfide) groups is 1. The van der Waals surface area contributed by atoms with Gasteiger partial charge in [0.1, 0.15) is 6.54 Å². The van der Waals surface area contributed by atoms with Gasteiger partial charge < -0.3 is 9.64 Å². The third-order valence-corrected chi connectivity index (χ3v) is 4.45. The van der Waals surface area contributed by atoms with Gasteiger partial charge in [-0.25, -0.2) is 4.79 Å². The van der Waals surface area contributed by atoms with Crippen molar-refractivity contribution in [2.75, 3.05) is 26.0 Å². The number of hydrogen-bond acceptors (Lipinski definition) is 5. The molecule has 1 heterocycles. The number of carbonyl (C=O) groups is 3. The van der Waals surface area contributed by atoms with Crippen LogP contribution in [-0.2, 0) is 25.7 Å². The van der Waals surface area contributed by atoms with Crippen LogP contribution < -0.4 is 0 Å². The van der Waals surface area contributed by atoms with Crippen molar-refractivity contribution in [3.8, 4) is 0 Å². The van der Waals surface area contributed by atoms with Crippen LogP contribution in [0, 0.1) is 0 Å². The Balaban J connectivity index is 2.00. The van der Waals surface area contributed by atoms with Crippen LogP contribution in [0.15, 0.2) is 41.4 Å². The van der Waals surface area contributed by atoms with Crippen LogP contribution >= 0.6 is 11.8 Å². The fraction of sp³-hybridized carbons (Fsp3) is 0.353. The highest BCUT2D eigenvalue weighted by Crippen LogP contribution is 2.28. The molecule has 0 atom stereocenters. The first-order chi connectivity index (χ1) is 11.5. The Morgan fingerprint density at radius 2 is 2.04 bits per heavy atom. The quantitative estimate of drug-likeness (QED) is 0.577. The Bertz CT molecular complexity index is 645. The van der Waals surface area contributed by atoms with Crippen LogP contribution in [0.4, 0.5) is 0 Å². The summed E-state index contributed by atoms with van der Waals surface area (Å²) in [5, 5.41) is 0.458. The van der Waals surface area contributed by atoms with Crippen LogP contribution in [-0.4, -0.2) is 53.5 Å². The summed E-state index contributed by atoms with van der Waals surface area (Å²) in [5.74, 6) is -0.660. The Kier molecular flexibility index (Phi) is 6.43. The van der Waals surface area contributed by atoms with Crippen LogP contribution in [0.3, 0.4) is 0 Å². The minimum Gasteiger partial charge on any atom is -0.463 e. The number of benzene rings is 1. The number of likely N-dealkylation sites (N-methyl/N-ethyl adjacent to an activating group) is 1. The molecule has 0 aromatic heterocycles. The molecule has 0 radical (unpaired) electrons. The number of hydrogen-bond donors (Lipinski definition) is 0. The minimum absolute atomic E-state index is 0.0829. The predicted molar refractivity (Wildman–Crippen MR) is 91.8 cm³/mol. The fourth-order valence-corrected chi connectivity index (χ4v) is 3.12. The summed E-state index contributed by atoms with van der Waals surface area (Å²) >= 11 is 1.24. The van der Waals surface area contributed by atoms with Crippen molar-refractivity contribution in [1.82, 2.24) is 9.80 Å². The third-order valence-electron chi connectivity index (χ3n) is 3.42. The normalized spacial score (nSPS) is 15.7. The third kappa shape index (κ3) is 4.86. The van der Waals surface area contributed by atoms with Crippen LogP contribution in [0.2, 0.25) is 0 Å². The molecule has 0 unspecified atom stereocenters. The van der Waals surface area contributed by atoms with Gasteiger partial charge in [-0.1, -0.05) is 42.1 Å². The Labute approximate surface area is 145 Å². The number of esters is 1. The van der Waals surface area contributed by atoms with Crippen molar-refractivity contribution in [3.63, 3.8) is 0 Å². The van der Waals surface area contributed by atoms with Gasteiger partial charge in [0.2, 0.25) is 11.8 Å².